The molecular weight excluding hydrogens is 384 g/mol. The molecule has 0 unspecified atom stereocenters. The van der Waals surface area contributed by atoms with Crippen molar-refractivity contribution in [2.24, 2.45) is 0 Å². The fourth-order valence-electron chi connectivity index (χ4n) is 2.63. The summed E-state index contributed by atoms with van der Waals surface area (Å²) in [6.45, 7) is 0. The number of hydrogen-bond acceptors (Lipinski definition) is 8. The van der Waals surface area contributed by atoms with E-state index >= 15 is 0 Å². The number of ether oxygens (including phenoxy) is 2. The molecule has 0 bridgehead atoms. The zero-order chi connectivity index (χ0) is 24.6. The Hall–Kier alpha value is -3.11. The second kappa shape index (κ2) is 8.50. The molecule has 3 rings (SSSR count). The van der Waals surface area contributed by atoms with Crippen LogP contribution in [0.2, 0.25) is 0 Å². The SMILES string of the molecule is [2H]c1c([2H])c(/C=C/c2cc(O)cc(O[C@@H]3O[C@H](C(=O)O)[C@@H](O)[C@H](O)[C@H]3O)c2)c([2H])c([2H])c1O. The summed E-state index contributed by atoms with van der Waals surface area (Å²) in [5.41, 5.74) is 0.122. The third-order valence-electron chi connectivity index (χ3n) is 4.05. The number of hydrogen-bond donors (Lipinski definition) is 6. The van der Waals surface area contributed by atoms with Gasteiger partial charge in [-0.2, -0.15) is 0 Å². The van der Waals surface area contributed by atoms with Crippen LogP contribution in [0.1, 0.15) is 16.6 Å². The van der Waals surface area contributed by atoms with Gasteiger partial charge in [-0.15, -0.1) is 0 Å². The Morgan fingerprint density at radius 2 is 1.59 bits per heavy atom. The van der Waals surface area contributed by atoms with Gasteiger partial charge in [-0.1, -0.05) is 24.2 Å². The number of carboxylic acid groups (broad SMARTS) is 1. The molecule has 2 aromatic rings. The lowest BCUT2D eigenvalue weighted by molar-refractivity contribution is -0.271. The van der Waals surface area contributed by atoms with Crippen molar-refractivity contribution in [2.75, 3.05) is 0 Å². The van der Waals surface area contributed by atoms with E-state index < -0.39 is 66.6 Å². The summed E-state index contributed by atoms with van der Waals surface area (Å²) in [6.07, 6.45) is -6.60. The van der Waals surface area contributed by atoms with Crippen LogP contribution in [0.25, 0.3) is 12.2 Å². The van der Waals surface area contributed by atoms with Gasteiger partial charge in [0.2, 0.25) is 6.29 Å². The van der Waals surface area contributed by atoms with Crippen molar-refractivity contribution >= 4 is 18.1 Å². The first-order valence-electron chi connectivity index (χ1n) is 10.3. The van der Waals surface area contributed by atoms with Crippen LogP contribution in [0.4, 0.5) is 0 Å². The largest absolute Gasteiger partial charge is 0.508 e. The maximum absolute atomic E-state index is 11.2. The minimum atomic E-state index is -1.90. The van der Waals surface area contributed by atoms with Gasteiger partial charge >= 0.3 is 5.97 Å². The van der Waals surface area contributed by atoms with Crippen molar-refractivity contribution in [1.29, 1.82) is 0 Å². The first-order chi connectivity index (χ1) is 15.4. The molecule has 1 heterocycles. The molecule has 0 saturated carbocycles. The fourth-order valence-corrected chi connectivity index (χ4v) is 2.63. The second-order valence-corrected chi connectivity index (χ2v) is 6.21. The van der Waals surface area contributed by atoms with Gasteiger partial charge in [-0.05, 0) is 35.3 Å². The number of aliphatic hydroxyl groups is 3. The highest BCUT2D eigenvalue weighted by molar-refractivity contribution is 5.73. The van der Waals surface area contributed by atoms with Crippen LogP contribution in [-0.2, 0) is 9.53 Å². The van der Waals surface area contributed by atoms with Crippen LogP contribution in [0.3, 0.4) is 0 Å². The van der Waals surface area contributed by atoms with Crippen LogP contribution in [0.5, 0.6) is 17.2 Å². The van der Waals surface area contributed by atoms with Gasteiger partial charge in [0.25, 0.3) is 0 Å². The predicted octanol–water partition coefficient (Wildman–Crippen LogP) is 0.539. The number of benzene rings is 2. The van der Waals surface area contributed by atoms with Crippen LogP contribution >= 0.6 is 0 Å². The van der Waals surface area contributed by atoms with Crippen LogP contribution < -0.4 is 4.74 Å². The van der Waals surface area contributed by atoms with E-state index in [4.69, 9.17) is 20.1 Å². The molecule has 1 fully saturated rings. The Bertz CT molecular complexity index is 1080. The third-order valence-corrected chi connectivity index (χ3v) is 4.05. The van der Waals surface area contributed by atoms with Crippen molar-refractivity contribution in [3.05, 3.63) is 53.5 Å². The highest BCUT2D eigenvalue weighted by Crippen LogP contribution is 2.28. The van der Waals surface area contributed by atoms with Gasteiger partial charge in [0.15, 0.2) is 6.10 Å². The van der Waals surface area contributed by atoms with E-state index in [1.807, 2.05) is 0 Å². The molecule has 154 valence electrons. The van der Waals surface area contributed by atoms with Crippen molar-refractivity contribution < 1.29 is 50.4 Å². The lowest BCUT2D eigenvalue weighted by atomic mass is 9.99. The van der Waals surface area contributed by atoms with Crippen molar-refractivity contribution in [3.8, 4) is 17.2 Å². The quantitative estimate of drug-likeness (QED) is 0.389. The number of rotatable bonds is 5. The van der Waals surface area contributed by atoms with Gasteiger partial charge < -0.3 is 40.1 Å². The molecule has 1 aliphatic heterocycles. The normalized spacial score (nSPS) is 29.0. The number of carboxylic acids is 1. The number of aliphatic carboxylic acids is 1. The lowest BCUT2D eigenvalue weighted by Crippen LogP contribution is -2.61. The number of carbonyl (C=O) groups is 1. The summed E-state index contributed by atoms with van der Waals surface area (Å²) in [4.78, 5) is 11.2. The Labute approximate surface area is 170 Å². The Kier molecular flexibility index (Phi) is 4.62. The molecule has 2 aromatic carbocycles. The molecule has 5 atom stereocenters. The van der Waals surface area contributed by atoms with Crippen LogP contribution in [0, 0.1) is 0 Å². The van der Waals surface area contributed by atoms with E-state index in [2.05, 4.69) is 0 Å². The number of phenols is 2. The van der Waals surface area contributed by atoms with Gasteiger partial charge in [0.1, 0.15) is 35.6 Å². The van der Waals surface area contributed by atoms with Gasteiger partial charge in [-0.25, -0.2) is 4.79 Å². The summed E-state index contributed by atoms with van der Waals surface area (Å²) in [7, 11) is 0. The van der Waals surface area contributed by atoms with E-state index in [1.165, 1.54) is 24.3 Å². The highest BCUT2D eigenvalue weighted by atomic mass is 16.7. The zero-order valence-corrected chi connectivity index (χ0v) is 14.7. The van der Waals surface area contributed by atoms with Crippen LogP contribution in [0.15, 0.2) is 42.4 Å². The van der Waals surface area contributed by atoms with E-state index in [9.17, 15) is 30.3 Å². The number of aliphatic hydroxyl groups excluding tert-OH is 3. The van der Waals surface area contributed by atoms with E-state index in [0.717, 1.165) is 6.07 Å². The Morgan fingerprint density at radius 3 is 2.24 bits per heavy atom. The lowest BCUT2D eigenvalue weighted by Gasteiger charge is -2.38. The first kappa shape index (κ1) is 15.8. The molecule has 29 heavy (non-hydrogen) atoms. The summed E-state index contributed by atoms with van der Waals surface area (Å²) in [6, 6.07) is 1.49. The summed E-state index contributed by atoms with van der Waals surface area (Å²) in [5, 5.41) is 58.4. The van der Waals surface area contributed by atoms with E-state index in [-0.39, 0.29) is 22.6 Å². The third kappa shape index (κ3) is 4.84. The summed E-state index contributed by atoms with van der Waals surface area (Å²) >= 11 is 0. The second-order valence-electron chi connectivity index (χ2n) is 6.21. The predicted molar refractivity (Wildman–Crippen MR) is 100 cm³/mol. The van der Waals surface area contributed by atoms with E-state index in [0.29, 0.717) is 0 Å². The van der Waals surface area contributed by atoms with Crippen LogP contribution in [-0.4, -0.2) is 67.3 Å². The smallest absolute Gasteiger partial charge is 0.335 e. The zero-order valence-electron chi connectivity index (χ0n) is 18.7. The van der Waals surface area contributed by atoms with Gasteiger partial charge in [0, 0.05) is 6.07 Å². The molecule has 0 aromatic heterocycles. The molecule has 9 heteroatoms. The average Bonchev–Trinajstić information content (AvgIpc) is 2.76. The molecule has 0 radical (unpaired) electrons. The topological polar surface area (TPSA) is 157 Å². The van der Waals surface area contributed by atoms with Crippen molar-refractivity contribution in [2.45, 2.75) is 30.7 Å². The van der Waals surface area contributed by atoms with Gasteiger partial charge in [0.05, 0.1) is 5.48 Å². The molecule has 0 amide bonds. The van der Waals surface area contributed by atoms with Crippen molar-refractivity contribution in [3.63, 3.8) is 0 Å². The Morgan fingerprint density at radius 1 is 0.931 bits per heavy atom. The molecule has 1 aliphatic rings. The number of aromatic hydroxyl groups is 2. The minimum absolute atomic E-state index is 0.114. The maximum Gasteiger partial charge on any atom is 0.335 e. The monoisotopic (exact) mass is 408 g/mol. The summed E-state index contributed by atoms with van der Waals surface area (Å²) < 4.78 is 41.5. The average molecular weight is 408 g/mol. The maximum atomic E-state index is 11.2. The standard InChI is InChI=1S/C20H20O9/c21-12-5-3-10(4-6-12)1-2-11-7-13(22)9-14(8-11)28-20-17(25)15(23)16(24)18(29-20)19(26)27/h1-9,15-18,20-25H,(H,26,27)/b2-1+/t15-,16-,17+,18-,20+/m0/s1/i3D,4D,5D,6D. The molecule has 1 saturated heterocycles. The first-order valence-corrected chi connectivity index (χ1v) is 8.33. The molecule has 0 spiro atoms. The Balaban J connectivity index is 1.89. The molecule has 6 N–H and O–H groups in total. The van der Waals surface area contributed by atoms with Gasteiger partial charge in [-0.3, -0.25) is 0 Å². The minimum Gasteiger partial charge on any atom is -0.508 e. The van der Waals surface area contributed by atoms with Crippen molar-refractivity contribution in [1.82, 2.24) is 0 Å². The molecular formula is C20H20O9. The molecule has 0 aliphatic carbocycles. The molecule has 9 nitrogen and oxygen atoms in total. The number of phenolic OH excluding ortho intramolecular Hbond substituents is 2. The highest BCUT2D eigenvalue weighted by Gasteiger charge is 2.48. The fraction of sp³-hybridized carbons (Fsp3) is 0.250. The summed E-state index contributed by atoms with van der Waals surface area (Å²) in [5.74, 6) is -2.81. The van der Waals surface area contributed by atoms with E-state index in [1.54, 1.807) is 0 Å².